The molecule has 0 unspecified atom stereocenters. The number of anilines is 1. The Morgan fingerprint density at radius 2 is 1.81 bits per heavy atom. The predicted octanol–water partition coefficient (Wildman–Crippen LogP) is 3.15. The minimum atomic E-state index is -3.86. The van der Waals surface area contributed by atoms with Gasteiger partial charge in [0.25, 0.3) is 15.9 Å². The second-order valence-corrected chi connectivity index (χ2v) is 9.24. The average molecular weight is 453 g/mol. The van der Waals surface area contributed by atoms with E-state index < -0.39 is 22.0 Å². The maximum Gasteiger partial charge on any atom is 0.264 e. The number of carbonyl (C=O) groups excluding carboxylic acids is 1. The van der Waals surface area contributed by atoms with Crippen molar-refractivity contribution >= 4 is 21.6 Å². The maximum absolute atomic E-state index is 13.3. The second-order valence-electron chi connectivity index (χ2n) is 7.38. The van der Waals surface area contributed by atoms with Crippen LogP contribution in [0.4, 0.5) is 5.69 Å². The van der Waals surface area contributed by atoms with E-state index in [0.717, 1.165) is 11.3 Å². The molecule has 3 aromatic carbocycles. The average Bonchev–Trinajstić information content (AvgIpc) is 2.81. The third kappa shape index (κ3) is 4.70. The maximum atomic E-state index is 13.3. The summed E-state index contributed by atoms with van der Waals surface area (Å²) >= 11 is 0. The molecule has 8 heteroatoms. The number of hydrogen-bond acceptors (Lipinski definition) is 5. The number of rotatable bonds is 7. The summed E-state index contributed by atoms with van der Waals surface area (Å²) in [6.07, 6.45) is -0.984. The molecule has 166 valence electrons. The predicted molar refractivity (Wildman–Crippen MR) is 122 cm³/mol. The first-order valence-electron chi connectivity index (χ1n) is 10.3. The highest BCUT2D eigenvalue weighted by atomic mass is 32.2. The van der Waals surface area contributed by atoms with Crippen LogP contribution in [0, 0.1) is 6.92 Å². The van der Waals surface area contributed by atoms with Crippen LogP contribution in [0.3, 0.4) is 0 Å². The number of para-hydroxylation sites is 2. The Labute approximate surface area is 187 Å². The zero-order valence-electron chi connectivity index (χ0n) is 17.6. The van der Waals surface area contributed by atoms with E-state index in [-0.39, 0.29) is 24.6 Å². The number of aryl methyl sites for hydroxylation is 1. The van der Waals surface area contributed by atoms with Crippen molar-refractivity contribution in [3.63, 3.8) is 0 Å². The topological polar surface area (TPSA) is 84.9 Å². The molecule has 32 heavy (non-hydrogen) atoms. The summed E-state index contributed by atoms with van der Waals surface area (Å²) in [6, 6.07) is 22.6. The molecule has 0 saturated heterocycles. The van der Waals surface area contributed by atoms with Crippen LogP contribution in [0.5, 0.6) is 11.5 Å². The summed E-state index contributed by atoms with van der Waals surface area (Å²) in [5, 5.41) is 2.77. The lowest BCUT2D eigenvalue weighted by atomic mass is 10.2. The van der Waals surface area contributed by atoms with E-state index in [2.05, 4.69) is 5.32 Å². The van der Waals surface area contributed by atoms with E-state index in [1.165, 1.54) is 16.4 Å². The molecule has 3 aromatic rings. The third-order valence-corrected chi connectivity index (χ3v) is 6.81. The monoisotopic (exact) mass is 452 g/mol. The van der Waals surface area contributed by atoms with Gasteiger partial charge in [0.05, 0.1) is 23.7 Å². The third-order valence-electron chi connectivity index (χ3n) is 5.02. The zero-order valence-corrected chi connectivity index (χ0v) is 18.4. The minimum absolute atomic E-state index is 0.126. The van der Waals surface area contributed by atoms with Crippen molar-refractivity contribution in [2.45, 2.75) is 17.9 Å². The van der Waals surface area contributed by atoms with Crippen LogP contribution >= 0.6 is 0 Å². The molecule has 0 bridgehead atoms. The van der Waals surface area contributed by atoms with E-state index in [9.17, 15) is 13.2 Å². The first kappa shape index (κ1) is 21.7. The highest BCUT2D eigenvalue weighted by Crippen LogP contribution is 2.36. The zero-order chi connectivity index (χ0) is 22.6. The largest absolute Gasteiger partial charge is 0.492 e. The number of sulfonamides is 1. The summed E-state index contributed by atoms with van der Waals surface area (Å²) in [7, 11) is -3.86. The van der Waals surface area contributed by atoms with E-state index in [0.29, 0.717) is 11.4 Å². The number of hydrogen-bond donors (Lipinski definition) is 1. The molecule has 7 nitrogen and oxygen atoms in total. The fourth-order valence-corrected chi connectivity index (χ4v) is 4.95. The molecule has 1 atom stereocenters. The first-order valence-corrected chi connectivity index (χ1v) is 11.7. The fraction of sp³-hybridized carbons (Fsp3) is 0.208. The van der Waals surface area contributed by atoms with Gasteiger partial charge in [-0.2, -0.15) is 0 Å². The van der Waals surface area contributed by atoms with Crippen molar-refractivity contribution in [2.24, 2.45) is 0 Å². The van der Waals surface area contributed by atoms with Crippen molar-refractivity contribution in [3.8, 4) is 11.5 Å². The smallest absolute Gasteiger partial charge is 0.264 e. The molecular formula is C24H24N2O5S. The highest BCUT2D eigenvalue weighted by Gasteiger charge is 2.37. The number of nitrogens with one attached hydrogen (secondary N) is 1. The van der Waals surface area contributed by atoms with Gasteiger partial charge < -0.3 is 14.8 Å². The van der Waals surface area contributed by atoms with Gasteiger partial charge in [0, 0.05) is 0 Å². The Morgan fingerprint density at radius 3 is 2.59 bits per heavy atom. The van der Waals surface area contributed by atoms with Gasteiger partial charge in [-0.25, -0.2) is 8.42 Å². The molecule has 0 aliphatic carbocycles. The lowest BCUT2D eigenvalue weighted by Gasteiger charge is -2.34. The second kappa shape index (κ2) is 9.32. The van der Waals surface area contributed by atoms with Gasteiger partial charge in [-0.15, -0.1) is 0 Å². The number of benzene rings is 3. The molecule has 1 aliphatic rings. The lowest BCUT2D eigenvalue weighted by Crippen LogP contribution is -2.51. The molecule has 1 amide bonds. The standard InChI is InChI=1S/C24H24N2O5S/c1-18-8-7-9-19(16-18)30-15-14-25-24(27)23-17-26(21-12-5-6-13-22(21)31-23)32(28,29)20-10-3-2-4-11-20/h2-13,16,23H,14-15,17H2,1H3,(H,25,27)/t23-/m0/s1. The summed E-state index contributed by atoms with van der Waals surface area (Å²) in [5.74, 6) is 0.664. The van der Waals surface area contributed by atoms with Crippen molar-refractivity contribution in [3.05, 3.63) is 84.4 Å². The molecule has 1 N–H and O–H groups in total. The van der Waals surface area contributed by atoms with Crippen LogP contribution < -0.4 is 19.1 Å². The fourth-order valence-electron chi connectivity index (χ4n) is 3.45. The first-order chi connectivity index (χ1) is 15.4. The summed E-state index contributed by atoms with van der Waals surface area (Å²) < 4.78 is 39.3. The van der Waals surface area contributed by atoms with Crippen molar-refractivity contribution in [1.82, 2.24) is 5.32 Å². The number of nitrogens with zero attached hydrogens (tertiary/aromatic N) is 1. The molecule has 0 aromatic heterocycles. The van der Waals surface area contributed by atoms with Crippen LogP contribution in [0.15, 0.2) is 83.8 Å². The van der Waals surface area contributed by atoms with Crippen LogP contribution in [0.1, 0.15) is 5.56 Å². The SMILES string of the molecule is Cc1cccc(OCCNC(=O)[C@@H]2CN(S(=O)(=O)c3ccccc3)c3ccccc3O2)c1. The van der Waals surface area contributed by atoms with Crippen LogP contribution in [-0.4, -0.2) is 40.1 Å². The summed E-state index contributed by atoms with van der Waals surface area (Å²) in [4.78, 5) is 12.9. The van der Waals surface area contributed by atoms with Crippen molar-refractivity contribution in [2.75, 3.05) is 24.0 Å². The number of amides is 1. The molecule has 0 saturated carbocycles. The highest BCUT2D eigenvalue weighted by molar-refractivity contribution is 7.92. The van der Waals surface area contributed by atoms with Gasteiger partial charge in [0.2, 0.25) is 0 Å². The Morgan fingerprint density at radius 1 is 1.06 bits per heavy atom. The van der Waals surface area contributed by atoms with Gasteiger partial charge in [-0.3, -0.25) is 9.10 Å². The molecule has 1 heterocycles. The van der Waals surface area contributed by atoms with Crippen LogP contribution in [0.2, 0.25) is 0 Å². The molecule has 0 radical (unpaired) electrons. The van der Waals surface area contributed by atoms with Gasteiger partial charge in [-0.05, 0) is 48.9 Å². The van der Waals surface area contributed by atoms with Gasteiger partial charge >= 0.3 is 0 Å². The Kier molecular flexibility index (Phi) is 6.32. The summed E-state index contributed by atoms with van der Waals surface area (Å²) in [6.45, 7) is 2.39. The van der Waals surface area contributed by atoms with E-state index in [1.54, 1.807) is 42.5 Å². The molecule has 0 spiro atoms. The number of ether oxygens (including phenoxy) is 2. The van der Waals surface area contributed by atoms with Crippen LogP contribution in [-0.2, 0) is 14.8 Å². The van der Waals surface area contributed by atoms with Gasteiger partial charge in [0.15, 0.2) is 6.10 Å². The Hall–Kier alpha value is -3.52. The van der Waals surface area contributed by atoms with E-state index >= 15 is 0 Å². The number of carbonyl (C=O) groups is 1. The summed E-state index contributed by atoms with van der Waals surface area (Å²) in [5.41, 5.74) is 1.49. The van der Waals surface area contributed by atoms with Crippen LogP contribution in [0.25, 0.3) is 0 Å². The van der Waals surface area contributed by atoms with Crippen molar-refractivity contribution < 1.29 is 22.7 Å². The lowest BCUT2D eigenvalue weighted by molar-refractivity contribution is -0.127. The van der Waals surface area contributed by atoms with E-state index in [1.807, 2.05) is 31.2 Å². The molecule has 1 aliphatic heterocycles. The molecule has 4 rings (SSSR count). The van der Waals surface area contributed by atoms with Gasteiger partial charge in [-0.1, -0.05) is 42.5 Å². The number of fused-ring (bicyclic) bond motifs is 1. The van der Waals surface area contributed by atoms with Crippen molar-refractivity contribution in [1.29, 1.82) is 0 Å². The normalized spacial score (nSPS) is 15.4. The molecular weight excluding hydrogens is 428 g/mol. The molecule has 0 fully saturated rings. The van der Waals surface area contributed by atoms with E-state index in [4.69, 9.17) is 9.47 Å². The minimum Gasteiger partial charge on any atom is -0.492 e. The Bertz CT molecular complexity index is 1200. The van der Waals surface area contributed by atoms with Gasteiger partial charge in [0.1, 0.15) is 18.1 Å². The quantitative estimate of drug-likeness (QED) is 0.557. The Balaban J connectivity index is 1.45.